The minimum atomic E-state index is -0.639. The average molecular weight is 616 g/mol. The fourth-order valence-corrected chi connectivity index (χ4v) is 6.51. The Hall–Kier alpha value is -4.35. The molecule has 9 nitrogen and oxygen atoms in total. The van der Waals surface area contributed by atoms with Crippen molar-refractivity contribution in [1.82, 2.24) is 20.2 Å². The summed E-state index contributed by atoms with van der Waals surface area (Å²) in [4.78, 5) is 23.3. The number of amides is 1. The lowest BCUT2D eigenvalue weighted by molar-refractivity contribution is -0.119. The summed E-state index contributed by atoms with van der Waals surface area (Å²) in [5, 5.41) is 6.06. The zero-order chi connectivity index (χ0) is 30.6. The van der Waals surface area contributed by atoms with Crippen LogP contribution in [0.5, 0.6) is 23.1 Å². The Morgan fingerprint density at radius 1 is 1.02 bits per heavy atom. The van der Waals surface area contributed by atoms with E-state index in [0.717, 1.165) is 17.4 Å². The molecule has 2 N–H and O–H groups in total. The average Bonchev–Trinajstić information content (AvgIpc) is 3.54. The number of benzene rings is 3. The highest BCUT2D eigenvalue weighted by atomic mass is 32.1. The Morgan fingerprint density at radius 2 is 1.80 bits per heavy atom. The third-order valence-corrected chi connectivity index (χ3v) is 8.45. The van der Waals surface area contributed by atoms with Crippen LogP contribution >= 0.6 is 12.2 Å². The number of carbonyl (C=O) groups is 1. The number of fused-ring (bicyclic) bond motifs is 2. The van der Waals surface area contributed by atoms with Crippen molar-refractivity contribution in [2.75, 3.05) is 39.2 Å². The van der Waals surface area contributed by atoms with E-state index in [2.05, 4.69) is 32.5 Å². The van der Waals surface area contributed by atoms with Crippen molar-refractivity contribution in [3.63, 3.8) is 0 Å². The lowest BCUT2D eigenvalue weighted by atomic mass is 10.0. The van der Waals surface area contributed by atoms with Crippen LogP contribution in [0, 0.1) is 23.6 Å². The number of hydrogen-bond acceptors (Lipinski definition) is 8. The molecule has 11 heteroatoms. The summed E-state index contributed by atoms with van der Waals surface area (Å²) in [5.41, 5.74) is 1.80. The maximum Gasteiger partial charge on any atom is 0.230 e. The standard InChI is InChI=1S/C33H34FN5O4S/c1-39-16-22-10-21(11-23(22)17-39)18-42-30-15-27-25(14-29(30)41-2)32(36-19-35-27)43-28-9-8-24(13-26(28)34)37-33(44)38-31(40)12-20-6-4-3-5-7-20/h3-9,13-15,19,21-23H,10-12,16-18H2,1-2H3,(H2,37,38,40,44). The van der Waals surface area contributed by atoms with Gasteiger partial charge in [-0.25, -0.2) is 14.4 Å². The third-order valence-electron chi connectivity index (χ3n) is 8.25. The van der Waals surface area contributed by atoms with Crippen LogP contribution in [0.4, 0.5) is 10.1 Å². The van der Waals surface area contributed by atoms with Crippen LogP contribution in [0.25, 0.3) is 10.9 Å². The number of methoxy groups -OCH3 is 1. The molecule has 2 fully saturated rings. The molecule has 1 amide bonds. The highest BCUT2D eigenvalue weighted by molar-refractivity contribution is 7.80. The van der Waals surface area contributed by atoms with Gasteiger partial charge in [0, 0.05) is 30.9 Å². The molecule has 2 unspecified atom stereocenters. The van der Waals surface area contributed by atoms with E-state index in [9.17, 15) is 4.79 Å². The summed E-state index contributed by atoms with van der Waals surface area (Å²) in [6, 6.07) is 17.2. The molecule has 0 spiro atoms. The van der Waals surface area contributed by atoms with Gasteiger partial charge >= 0.3 is 0 Å². The third kappa shape index (κ3) is 6.89. The van der Waals surface area contributed by atoms with Gasteiger partial charge in [-0.15, -0.1) is 0 Å². The van der Waals surface area contributed by atoms with Gasteiger partial charge in [0.2, 0.25) is 11.8 Å². The number of rotatable bonds is 9. The van der Waals surface area contributed by atoms with Gasteiger partial charge < -0.3 is 29.7 Å². The molecule has 1 aliphatic heterocycles. The van der Waals surface area contributed by atoms with Crippen LogP contribution in [0.1, 0.15) is 18.4 Å². The molecular formula is C33H34FN5O4S. The number of hydrogen-bond donors (Lipinski definition) is 2. The molecule has 2 aliphatic rings. The largest absolute Gasteiger partial charge is 0.493 e. The lowest BCUT2D eigenvalue weighted by Gasteiger charge is -2.17. The van der Waals surface area contributed by atoms with Crippen LogP contribution in [0.15, 0.2) is 67.0 Å². The minimum absolute atomic E-state index is 0.0358. The monoisotopic (exact) mass is 615 g/mol. The van der Waals surface area contributed by atoms with Gasteiger partial charge in [0.15, 0.2) is 28.2 Å². The Morgan fingerprint density at radius 3 is 2.52 bits per heavy atom. The zero-order valence-electron chi connectivity index (χ0n) is 24.6. The van der Waals surface area contributed by atoms with Crippen LogP contribution in [-0.2, 0) is 11.2 Å². The normalized spacial score (nSPS) is 19.4. The van der Waals surface area contributed by atoms with Crippen LogP contribution in [0.2, 0.25) is 0 Å². The number of nitrogens with one attached hydrogen (secondary N) is 2. The quantitative estimate of drug-likeness (QED) is 0.234. The number of nitrogens with zero attached hydrogens (tertiary/aromatic N) is 3. The van der Waals surface area contributed by atoms with E-state index in [1.165, 1.54) is 44.4 Å². The Balaban J connectivity index is 1.10. The highest BCUT2D eigenvalue weighted by Crippen LogP contribution is 2.42. The van der Waals surface area contributed by atoms with Crippen molar-refractivity contribution in [3.05, 3.63) is 78.4 Å². The molecule has 3 aromatic carbocycles. The Bertz CT molecular complexity index is 1660. The highest BCUT2D eigenvalue weighted by Gasteiger charge is 2.39. The second-order valence-corrected chi connectivity index (χ2v) is 11.9. The topological polar surface area (TPSA) is 97.8 Å². The van der Waals surface area contributed by atoms with Crippen molar-refractivity contribution < 1.29 is 23.4 Å². The van der Waals surface area contributed by atoms with E-state index in [0.29, 0.717) is 40.6 Å². The van der Waals surface area contributed by atoms with E-state index in [4.69, 9.17) is 26.4 Å². The van der Waals surface area contributed by atoms with Gasteiger partial charge in [-0.3, -0.25) is 4.79 Å². The van der Waals surface area contributed by atoms with E-state index < -0.39 is 5.82 Å². The fourth-order valence-electron chi connectivity index (χ4n) is 6.28. The van der Waals surface area contributed by atoms with Gasteiger partial charge in [-0.2, -0.15) is 0 Å². The number of thiocarbonyl (C=S) groups is 1. The molecule has 228 valence electrons. The van der Waals surface area contributed by atoms with Crippen molar-refractivity contribution in [3.8, 4) is 23.1 Å². The number of carbonyl (C=O) groups excluding carboxylic acids is 1. The van der Waals surface area contributed by atoms with Crippen LogP contribution < -0.4 is 24.8 Å². The number of likely N-dealkylation sites (tertiary alicyclic amines) is 1. The summed E-state index contributed by atoms with van der Waals surface area (Å²) < 4.78 is 32.9. The van der Waals surface area contributed by atoms with Gasteiger partial charge in [-0.1, -0.05) is 30.3 Å². The molecule has 1 aliphatic carbocycles. The number of anilines is 1. The number of aromatic nitrogens is 2. The molecule has 2 atom stereocenters. The number of ether oxygens (including phenoxy) is 3. The van der Waals surface area contributed by atoms with Crippen molar-refractivity contribution in [2.24, 2.45) is 17.8 Å². The summed E-state index contributed by atoms with van der Waals surface area (Å²) >= 11 is 5.23. The summed E-state index contributed by atoms with van der Waals surface area (Å²) in [6.45, 7) is 2.96. The van der Waals surface area contributed by atoms with Crippen LogP contribution in [0.3, 0.4) is 0 Å². The first-order valence-electron chi connectivity index (χ1n) is 14.6. The summed E-state index contributed by atoms with van der Waals surface area (Å²) in [5.74, 6) is 2.39. The van der Waals surface area contributed by atoms with E-state index in [1.807, 2.05) is 36.4 Å². The van der Waals surface area contributed by atoms with E-state index >= 15 is 4.39 Å². The van der Waals surface area contributed by atoms with E-state index in [1.54, 1.807) is 19.2 Å². The molecule has 6 rings (SSSR count). The summed E-state index contributed by atoms with van der Waals surface area (Å²) in [6.07, 6.45) is 3.90. The molecule has 44 heavy (non-hydrogen) atoms. The molecule has 0 bridgehead atoms. The maximum atomic E-state index is 15.1. The van der Waals surface area contributed by atoms with E-state index in [-0.39, 0.29) is 29.1 Å². The predicted octanol–water partition coefficient (Wildman–Crippen LogP) is 5.59. The smallest absolute Gasteiger partial charge is 0.230 e. The lowest BCUT2D eigenvalue weighted by Crippen LogP contribution is -2.35. The first-order valence-corrected chi connectivity index (χ1v) is 15.0. The first-order chi connectivity index (χ1) is 21.3. The van der Waals surface area contributed by atoms with Crippen molar-refractivity contribution >= 4 is 39.8 Å². The second-order valence-electron chi connectivity index (χ2n) is 11.5. The van der Waals surface area contributed by atoms with Crippen molar-refractivity contribution in [2.45, 2.75) is 19.3 Å². The Kier molecular flexibility index (Phi) is 8.85. The maximum absolute atomic E-state index is 15.1. The molecule has 1 aromatic heterocycles. The SMILES string of the molecule is COc1cc2c(Oc3ccc(NC(=S)NC(=O)Cc4ccccc4)cc3F)ncnc2cc1OCC1CC2CN(C)CC2C1. The fraction of sp³-hybridized carbons (Fsp3) is 0.333. The zero-order valence-corrected chi connectivity index (χ0v) is 25.4. The first kappa shape index (κ1) is 29.7. The molecule has 1 saturated heterocycles. The predicted molar refractivity (Wildman–Crippen MR) is 170 cm³/mol. The number of halogens is 1. The second kappa shape index (κ2) is 13.1. The molecule has 4 aromatic rings. The molecule has 1 saturated carbocycles. The van der Waals surface area contributed by atoms with Gasteiger partial charge in [-0.05, 0) is 73.6 Å². The van der Waals surface area contributed by atoms with Gasteiger partial charge in [0.1, 0.15) is 6.33 Å². The van der Waals surface area contributed by atoms with Gasteiger partial charge in [0.25, 0.3) is 0 Å². The van der Waals surface area contributed by atoms with Gasteiger partial charge in [0.05, 0.1) is 31.0 Å². The Labute approximate surface area is 260 Å². The summed E-state index contributed by atoms with van der Waals surface area (Å²) in [7, 11) is 3.77. The molecule has 2 heterocycles. The van der Waals surface area contributed by atoms with Crippen LogP contribution in [-0.4, -0.2) is 59.7 Å². The molecule has 0 radical (unpaired) electrons. The van der Waals surface area contributed by atoms with Crippen molar-refractivity contribution in [1.29, 1.82) is 0 Å². The minimum Gasteiger partial charge on any atom is -0.493 e. The molecular weight excluding hydrogens is 581 g/mol.